The van der Waals surface area contributed by atoms with Gasteiger partial charge < -0.3 is 15.1 Å². The number of nitrogens with one attached hydrogen (secondary N) is 2. The second-order valence-electron chi connectivity index (χ2n) is 10.1. The number of anilines is 1. The lowest BCUT2D eigenvalue weighted by molar-refractivity contribution is -0.122. The number of benzene rings is 3. The van der Waals surface area contributed by atoms with Crippen molar-refractivity contribution in [3.05, 3.63) is 89.7 Å². The molecule has 40 heavy (non-hydrogen) atoms. The van der Waals surface area contributed by atoms with Gasteiger partial charge in [-0.25, -0.2) is 17.8 Å². The molecule has 1 saturated heterocycles. The summed E-state index contributed by atoms with van der Waals surface area (Å²) < 4.78 is 40.8. The maximum absolute atomic E-state index is 13.2. The molecule has 0 spiro atoms. The predicted molar refractivity (Wildman–Crippen MR) is 154 cm³/mol. The maximum atomic E-state index is 13.2. The molecule has 10 heteroatoms. The lowest BCUT2D eigenvalue weighted by atomic mass is 9.97. The zero-order valence-corrected chi connectivity index (χ0v) is 23.3. The Labute approximate surface area is 235 Å². The van der Waals surface area contributed by atoms with Crippen molar-refractivity contribution in [3.8, 4) is 0 Å². The van der Waals surface area contributed by atoms with Crippen LogP contribution < -0.4 is 10.0 Å². The van der Waals surface area contributed by atoms with E-state index in [9.17, 15) is 17.6 Å². The smallest absolute Gasteiger partial charge is 0.261 e. The molecule has 1 unspecified atom stereocenters. The van der Waals surface area contributed by atoms with Gasteiger partial charge in [-0.2, -0.15) is 0 Å². The van der Waals surface area contributed by atoms with Crippen LogP contribution in [0.3, 0.4) is 0 Å². The van der Waals surface area contributed by atoms with Crippen LogP contribution in [0, 0.1) is 5.82 Å². The van der Waals surface area contributed by atoms with Gasteiger partial charge in [-0.05, 0) is 74.2 Å². The van der Waals surface area contributed by atoms with Crippen molar-refractivity contribution in [3.63, 3.8) is 0 Å². The first-order valence-corrected chi connectivity index (χ1v) is 15.2. The molecule has 3 aromatic rings. The number of carbonyl (C=O) groups excluding carboxylic acids is 1. The normalized spacial score (nSPS) is 17.1. The number of fused-ring (bicyclic) bond motifs is 1. The number of guanidine groups is 1. The number of rotatable bonds is 8. The van der Waals surface area contributed by atoms with Crippen molar-refractivity contribution in [1.82, 2.24) is 15.1 Å². The molecule has 0 radical (unpaired) electrons. The summed E-state index contributed by atoms with van der Waals surface area (Å²) in [6, 6.07) is 19.4. The number of aliphatic imine (C=N–C) groups is 1. The quantitative estimate of drug-likeness (QED) is 0.394. The van der Waals surface area contributed by atoms with E-state index in [0.717, 1.165) is 67.4 Å². The van der Waals surface area contributed by atoms with Gasteiger partial charge >= 0.3 is 0 Å². The highest BCUT2D eigenvalue weighted by Crippen LogP contribution is 2.37. The van der Waals surface area contributed by atoms with Crippen molar-refractivity contribution in [2.45, 2.75) is 50.1 Å². The van der Waals surface area contributed by atoms with Gasteiger partial charge in [0.2, 0.25) is 11.9 Å². The SMILES string of the molecule is CCN1C(N2CCCCC2)=Nc2ccccc2C1CC(=O)NCc1ccc(NS(=O)(=O)c2ccc(F)cc2)cc1. The summed E-state index contributed by atoms with van der Waals surface area (Å²) in [6.45, 7) is 5.12. The van der Waals surface area contributed by atoms with Crippen LogP contribution in [0.15, 0.2) is 82.7 Å². The second-order valence-corrected chi connectivity index (χ2v) is 11.7. The van der Waals surface area contributed by atoms with E-state index in [1.807, 2.05) is 18.2 Å². The number of hydrogen-bond acceptors (Lipinski definition) is 6. The average Bonchev–Trinajstić information content (AvgIpc) is 2.97. The molecule has 5 rings (SSSR count). The van der Waals surface area contributed by atoms with Gasteiger partial charge in [0.15, 0.2) is 0 Å². The molecule has 2 heterocycles. The average molecular weight is 564 g/mol. The number of halogens is 1. The fourth-order valence-corrected chi connectivity index (χ4v) is 6.30. The molecule has 0 saturated carbocycles. The van der Waals surface area contributed by atoms with Gasteiger partial charge in [-0.15, -0.1) is 0 Å². The predicted octanol–water partition coefficient (Wildman–Crippen LogP) is 5.18. The summed E-state index contributed by atoms with van der Waals surface area (Å²) in [5, 5.41) is 3.02. The zero-order valence-electron chi connectivity index (χ0n) is 22.5. The summed E-state index contributed by atoms with van der Waals surface area (Å²) >= 11 is 0. The van der Waals surface area contributed by atoms with Crippen LogP contribution in [0.25, 0.3) is 0 Å². The van der Waals surface area contributed by atoms with Crippen LogP contribution in [-0.2, 0) is 21.4 Å². The van der Waals surface area contributed by atoms with E-state index >= 15 is 0 Å². The first-order valence-electron chi connectivity index (χ1n) is 13.7. The highest BCUT2D eigenvalue weighted by atomic mass is 32.2. The van der Waals surface area contributed by atoms with Gasteiger partial charge in [0.1, 0.15) is 5.82 Å². The third-order valence-electron chi connectivity index (χ3n) is 7.33. The summed E-state index contributed by atoms with van der Waals surface area (Å²) in [4.78, 5) is 22.7. The van der Waals surface area contributed by atoms with Gasteiger partial charge in [0, 0.05) is 37.4 Å². The Kier molecular flexibility index (Phi) is 8.35. The molecule has 210 valence electrons. The maximum Gasteiger partial charge on any atom is 0.261 e. The number of likely N-dealkylation sites (tertiary alicyclic amines) is 1. The van der Waals surface area contributed by atoms with Gasteiger partial charge in [-0.1, -0.05) is 30.3 Å². The second kappa shape index (κ2) is 12.1. The molecule has 8 nitrogen and oxygen atoms in total. The van der Waals surface area contributed by atoms with E-state index < -0.39 is 15.8 Å². The topological polar surface area (TPSA) is 94.1 Å². The van der Waals surface area contributed by atoms with E-state index in [1.165, 1.54) is 18.6 Å². The molecular formula is C30H34FN5O3S. The number of carbonyl (C=O) groups is 1. The minimum Gasteiger partial charge on any atom is -0.352 e. The number of piperidine rings is 1. The van der Waals surface area contributed by atoms with Crippen LogP contribution in [-0.4, -0.2) is 49.7 Å². The number of para-hydroxylation sites is 1. The minimum atomic E-state index is -3.83. The number of amides is 1. The Hall–Kier alpha value is -3.92. The first kappa shape index (κ1) is 27.6. The lowest BCUT2D eigenvalue weighted by Gasteiger charge is -2.43. The molecule has 1 atom stereocenters. The molecule has 0 aliphatic carbocycles. The van der Waals surface area contributed by atoms with Crippen LogP contribution in [0.2, 0.25) is 0 Å². The molecule has 2 aliphatic rings. The van der Waals surface area contributed by atoms with Gasteiger partial charge in [-0.3, -0.25) is 9.52 Å². The fraction of sp³-hybridized carbons (Fsp3) is 0.333. The third-order valence-corrected chi connectivity index (χ3v) is 8.72. The zero-order chi connectivity index (χ0) is 28.1. The Morgan fingerprint density at radius 2 is 1.68 bits per heavy atom. The van der Waals surface area contributed by atoms with Crippen molar-refractivity contribution in [2.24, 2.45) is 4.99 Å². The Bertz CT molecular complexity index is 1470. The molecule has 2 aliphatic heterocycles. The molecule has 2 N–H and O–H groups in total. The van der Waals surface area contributed by atoms with E-state index in [2.05, 4.69) is 32.8 Å². The van der Waals surface area contributed by atoms with E-state index in [-0.39, 0.29) is 16.8 Å². The molecular weight excluding hydrogens is 529 g/mol. The Balaban J connectivity index is 1.22. The Morgan fingerprint density at radius 3 is 2.38 bits per heavy atom. The largest absolute Gasteiger partial charge is 0.352 e. The van der Waals surface area contributed by atoms with Crippen LogP contribution in [0.1, 0.15) is 49.8 Å². The molecule has 1 amide bonds. The van der Waals surface area contributed by atoms with E-state index in [0.29, 0.717) is 18.7 Å². The van der Waals surface area contributed by atoms with Crippen LogP contribution >= 0.6 is 0 Å². The fourth-order valence-electron chi connectivity index (χ4n) is 5.25. The van der Waals surface area contributed by atoms with Gasteiger partial charge in [0.25, 0.3) is 10.0 Å². The highest BCUT2D eigenvalue weighted by Gasteiger charge is 2.33. The summed E-state index contributed by atoms with van der Waals surface area (Å²) in [7, 11) is -3.83. The number of nitrogens with zero attached hydrogens (tertiary/aromatic N) is 3. The number of hydrogen-bond donors (Lipinski definition) is 2. The standard InChI is InChI=1S/C30H34FN5O3S/c1-2-36-28(26-8-4-5-9-27(26)33-30(36)35-18-6-3-7-19-35)20-29(37)32-21-22-10-14-24(15-11-22)34-40(38,39)25-16-12-23(31)13-17-25/h4-5,8-17,28,34H,2-3,6-7,18-21H2,1H3,(H,32,37). The first-order chi connectivity index (χ1) is 19.3. The van der Waals surface area contributed by atoms with Gasteiger partial charge in [0.05, 0.1) is 23.0 Å². The highest BCUT2D eigenvalue weighted by molar-refractivity contribution is 7.92. The summed E-state index contributed by atoms with van der Waals surface area (Å²) in [6.07, 6.45) is 3.83. The Morgan fingerprint density at radius 1 is 0.975 bits per heavy atom. The summed E-state index contributed by atoms with van der Waals surface area (Å²) in [5.74, 6) is 0.382. The number of sulfonamides is 1. The van der Waals surface area contributed by atoms with Crippen molar-refractivity contribution >= 4 is 33.3 Å². The molecule has 3 aromatic carbocycles. The van der Waals surface area contributed by atoms with Crippen LogP contribution in [0.4, 0.5) is 15.8 Å². The van der Waals surface area contributed by atoms with E-state index in [4.69, 9.17) is 4.99 Å². The van der Waals surface area contributed by atoms with Crippen molar-refractivity contribution in [1.29, 1.82) is 0 Å². The minimum absolute atomic E-state index is 0.0239. The molecule has 0 aromatic heterocycles. The summed E-state index contributed by atoms with van der Waals surface area (Å²) in [5.41, 5.74) is 3.19. The third kappa shape index (κ3) is 6.28. The monoisotopic (exact) mass is 563 g/mol. The van der Waals surface area contributed by atoms with E-state index in [1.54, 1.807) is 24.3 Å². The lowest BCUT2D eigenvalue weighted by Crippen LogP contribution is -2.49. The molecule has 1 fully saturated rings. The van der Waals surface area contributed by atoms with Crippen LogP contribution in [0.5, 0.6) is 0 Å². The van der Waals surface area contributed by atoms with Crippen molar-refractivity contribution < 1.29 is 17.6 Å². The van der Waals surface area contributed by atoms with Crippen molar-refractivity contribution in [2.75, 3.05) is 24.4 Å². The molecule has 0 bridgehead atoms.